The maximum Gasteiger partial charge on any atom is 0.138 e. The molecule has 0 aliphatic heterocycles. The molecule has 4 nitrogen and oxygen atoms in total. The highest BCUT2D eigenvalue weighted by atomic mass is 35.5. The Kier molecular flexibility index (Phi) is 7.04. The number of hydrazone groups is 2. The first-order chi connectivity index (χ1) is 12.0. The lowest BCUT2D eigenvalue weighted by atomic mass is 10.1. The molecule has 0 spiro atoms. The summed E-state index contributed by atoms with van der Waals surface area (Å²) in [6, 6.07) is 15.0. The van der Waals surface area contributed by atoms with E-state index in [1.807, 2.05) is 69.3 Å². The molecule has 0 unspecified atom stereocenters. The quantitative estimate of drug-likeness (QED) is 0.540. The van der Waals surface area contributed by atoms with Gasteiger partial charge in [-0.25, -0.2) is 0 Å². The molecule has 0 atom stereocenters. The van der Waals surface area contributed by atoms with E-state index in [4.69, 9.17) is 23.2 Å². The van der Waals surface area contributed by atoms with Crippen molar-refractivity contribution in [2.24, 2.45) is 10.2 Å². The molecule has 130 valence electrons. The molecule has 0 aromatic heterocycles. The van der Waals surface area contributed by atoms with Crippen molar-refractivity contribution in [3.63, 3.8) is 0 Å². The molecule has 0 bridgehead atoms. The van der Waals surface area contributed by atoms with Crippen LogP contribution < -0.4 is 10.9 Å². The lowest BCUT2D eigenvalue weighted by molar-refractivity contribution is 0.728. The fourth-order valence-electron chi connectivity index (χ4n) is 1.86. The van der Waals surface area contributed by atoms with Crippen LogP contribution in [0.4, 0.5) is 0 Å². The van der Waals surface area contributed by atoms with Crippen LogP contribution in [0.1, 0.15) is 31.9 Å². The van der Waals surface area contributed by atoms with Gasteiger partial charge in [0.15, 0.2) is 0 Å². The van der Waals surface area contributed by atoms with Crippen LogP contribution >= 0.6 is 23.2 Å². The lowest BCUT2D eigenvalue weighted by Gasteiger charge is -2.09. The monoisotopic (exact) mass is 374 g/mol. The standard InChI is InChI=1S/C19H20Cl2N4/c1-13(2)19(24-22-12-15-4-8-17(20)9-5-15)25-23-14(3)16-6-10-18(21)11-7-16/h4-12,24-25H,1-3H3/b22-12+,23-14+. The van der Waals surface area contributed by atoms with E-state index in [9.17, 15) is 0 Å². The minimum absolute atomic E-state index is 0.698. The highest BCUT2D eigenvalue weighted by Crippen LogP contribution is 2.10. The van der Waals surface area contributed by atoms with Gasteiger partial charge >= 0.3 is 0 Å². The Balaban J connectivity index is 2.01. The Morgan fingerprint density at radius 3 is 1.96 bits per heavy atom. The van der Waals surface area contributed by atoms with Crippen LogP contribution in [0.5, 0.6) is 0 Å². The summed E-state index contributed by atoms with van der Waals surface area (Å²) in [4.78, 5) is 0. The number of hydrogen-bond donors (Lipinski definition) is 2. The van der Waals surface area contributed by atoms with E-state index >= 15 is 0 Å². The van der Waals surface area contributed by atoms with Gasteiger partial charge in [-0.2, -0.15) is 10.2 Å². The highest BCUT2D eigenvalue weighted by molar-refractivity contribution is 6.31. The minimum atomic E-state index is 0.698. The number of benzene rings is 2. The third-order valence-electron chi connectivity index (χ3n) is 3.36. The van der Waals surface area contributed by atoms with Crippen LogP contribution in [0.25, 0.3) is 0 Å². The second-order valence-electron chi connectivity index (χ2n) is 5.61. The fraction of sp³-hybridized carbons (Fsp3) is 0.158. The lowest BCUT2D eigenvalue weighted by Crippen LogP contribution is -2.21. The number of halogens is 2. The molecule has 0 amide bonds. The first-order valence-electron chi connectivity index (χ1n) is 7.74. The average molecular weight is 375 g/mol. The van der Waals surface area contributed by atoms with Crippen molar-refractivity contribution < 1.29 is 0 Å². The Hall–Kier alpha value is -2.30. The second-order valence-corrected chi connectivity index (χ2v) is 6.49. The molecule has 0 saturated heterocycles. The molecule has 6 heteroatoms. The predicted octanol–water partition coefficient (Wildman–Crippen LogP) is 5.18. The number of hydrogen-bond acceptors (Lipinski definition) is 4. The van der Waals surface area contributed by atoms with Crippen molar-refractivity contribution in [2.75, 3.05) is 0 Å². The topological polar surface area (TPSA) is 48.8 Å². The fourth-order valence-corrected chi connectivity index (χ4v) is 2.12. The summed E-state index contributed by atoms with van der Waals surface area (Å²) in [5, 5.41) is 10.0. The van der Waals surface area contributed by atoms with Crippen molar-refractivity contribution >= 4 is 35.1 Å². The van der Waals surface area contributed by atoms with E-state index in [-0.39, 0.29) is 0 Å². The van der Waals surface area contributed by atoms with Crippen LogP contribution in [0.15, 0.2) is 70.1 Å². The third-order valence-corrected chi connectivity index (χ3v) is 3.86. The van der Waals surface area contributed by atoms with Crippen LogP contribution in [-0.2, 0) is 0 Å². The Bertz CT molecular complexity index is 787. The van der Waals surface area contributed by atoms with Crippen molar-refractivity contribution in [3.8, 4) is 0 Å². The molecule has 2 aromatic rings. The Labute approximate surface area is 158 Å². The maximum atomic E-state index is 5.91. The van der Waals surface area contributed by atoms with E-state index in [0.717, 1.165) is 28.2 Å². The van der Waals surface area contributed by atoms with Gasteiger partial charge in [-0.15, -0.1) is 0 Å². The van der Waals surface area contributed by atoms with Gasteiger partial charge in [-0.3, -0.25) is 10.9 Å². The molecule has 0 heterocycles. The largest absolute Gasteiger partial charge is 0.262 e. The molecule has 2 N–H and O–H groups in total. The number of allylic oxidation sites excluding steroid dienone is 1. The van der Waals surface area contributed by atoms with Crippen LogP contribution in [0.3, 0.4) is 0 Å². The van der Waals surface area contributed by atoms with E-state index in [1.165, 1.54) is 0 Å². The molecule has 0 fully saturated rings. The Morgan fingerprint density at radius 2 is 1.40 bits per heavy atom. The van der Waals surface area contributed by atoms with Gasteiger partial charge in [0.2, 0.25) is 0 Å². The molecule has 0 saturated carbocycles. The van der Waals surface area contributed by atoms with Gasteiger partial charge < -0.3 is 0 Å². The van der Waals surface area contributed by atoms with Crippen LogP contribution in [0, 0.1) is 0 Å². The number of rotatable bonds is 6. The molecular formula is C19H20Cl2N4. The van der Waals surface area contributed by atoms with Gasteiger partial charge in [0.05, 0.1) is 11.9 Å². The van der Waals surface area contributed by atoms with Crippen LogP contribution in [-0.4, -0.2) is 11.9 Å². The molecule has 2 rings (SSSR count). The summed E-state index contributed by atoms with van der Waals surface area (Å²) in [7, 11) is 0. The predicted molar refractivity (Wildman–Crippen MR) is 107 cm³/mol. The van der Waals surface area contributed by atoms with Gasteiger partial charge in [0.25, 0.3) is 0 Å². The molecule has 0 aliphatic carbocycles. The highest BCUT2D eigenvalue weighted by Gasteiger charge is 2.00. The van der Waals surface area contributed by atoms with E-state index < -0.39 is 0 Å². The first-order valence-corrected chi connectivity index (χ1v) is 8.49. The van der Waals surface area contributed by atoms with Crippen molar-refractivity contribution in [2.45, 2.75) is 20.8 Å². The van der Waals surface area contributed by atoms with E-state index in [2.05, 4.69) is 21.1 Å². The molecular weight excluding hydrogens is 355 g/mol. The summed E-state index contributed by atoms with van der Waals surface area (Å²) in [5.41, 5.74) is 9.81. The summed E-state index contributed by atoms with van der Waals surface area (Å²) in [6.45, 7) is 5.87. The summed E-state index contributed by atoms with van der Waals surface area (Å²) in [6.07, 6.45) is 1.72. The second kappa shape index (κ2) is 9.25. The zero-order valence-corrected chi connectivity index (χ0v) is 15.9. The number of nitrogens with zero attached hydrogens (tertiary/aromatic N) is 2. The summed E-state index contributed by atoms with van der Waals surface area (Å²) >= 11 is 11.8. The van der Waals surface area contributed by atoms with Crippen LogP contribution in [0.2, 0.25) is 10.0 Å². The summed E-state index contributed by atoms with van der Waals surface area (Å²) < 4.78 is 0. The molecule has 2 aromatic carbocycles. The maximum absolute atomic E-state index is 5.91. The molecule has 0 radical (unpaired) electrons. The zero-order chi connectivity index (χ0) is 18.2. The normalized spacial score (nSPS) is 11.5. The third kappa shape index (κ3) is 6.25. The zero-order valence-electron chi connectivity index (χ0n) is 14.3. The number of nitrogens with one attached hydrogen (secondary N) is 2. The SMILES string of the molecule is CC(C)=C(N/N=C/c1ccc(Cl)cc1)N/N=C(\C)c1ccc(Cl)cc1. The van der Waals surface area contributed by atoms with E-state index in [0.29, 0.717) is 10.0 Å². The average Bonchev–Trinajstić information content (AvgIpc) is 2.59. The summed E-state index contributed by atoms with van der Waals surface area (Å²) in [5.74, 6) is 0.721. The first kappa shape index (κ1) is 19.0. The molecule has 25 heavy (non-hydrogen) atoms. The van der Waals surface area contributed by atoms with Gasteiger partial charge in [0, 0.05) is 10.0 Å². The van der Waals surface area contributed by atoms with E-state index in [1.54, 1.807) is 6.21 Å². The van der Waals surface area contributed by atoms with Gasteiger partial charge in [-0.1, -0.05) is 47.5 Å². The van der Waals surface area contributed by atoms with Crippen molar-refractivity contribution in [3.05, 3.63) is 81.1 Å². The van der Waals surface area contributed by atoms with Gasteiger partial charge in [0.1, 0.15) is 5.82 Å². The Morgan fingerprint density at radius 1 is 0.840 bits per heavy atom. The smallest absolute Gasteiger partial charge is 0.138 e. The molecule has 0 aliphatic rings. The van der Waals surface area contributed by atoms with Crippen molar-refractivity contribution in [1.29, 1.82) is 0 Å². The van der Waals surface area contributed by atoms with Gasteiger partial charge in [-0.05, 0) is 61.7 Å². The minimum Gasteiger partial charge on any atom is -0.262 e. The van der Waals surface area contributed by atoms with Crippen molar-refractivity contribution in [1.82, 2.24) is 10.9 Å².